The lowest BCUT2D eigenvalue weighted by atomic mass is 9.82. The Morgan fingerprint density at radius 3 is 2.88 bits per heavy atom. The average molecular weight is 487 g/mol. The smallest absolute Gasteiger partial charge is 0.432 e. The third-order valence-electron chi connectivity index (χ3n) is 4.78. The highest BCUT2D eigenvalue weighted by Gasteiger charge is 2.67. The molecule has 1 saturated heterocycles. The lowest BCUT2D eigenvalue weighted by molar-refractivity contribution is -0.0709. The van der Waals surface area contributed by atoms with E-state index in [1.165, 1.54) is 0 Å². The number of fused-ring (bicyclic) bond motifs is 1. The van der Waals surface area contributed by atoms with Crippen molar-refractivity contribution in [2.75, 3.05) is 19.1 Å². The molecular formula is C17H21FN6O8P+. The van der Waals surface area contributed by atoms with E-state index in [-0.39, 0.29) is 17.2 Å². The number of halogens is 1. The van der Waals surface area contributed by atoms with Gasteiger partial charge in [-0.1, -0.05) is 4.52 Å². The molecule has 5 atom stereocenters. The molecule has 1 aliphatic heterocycles. The number of nitrogen functional groups attached to an aromatic ring is 1. The number of carbonyl (C=O) groups is 1. The fourth-order valence-corrected chi connectivity index (χ4v) is 3.67. The van der Waals surface area contributed by atoms with Gasteiger partial charge in [0.15, 0.2) is 17.1 Å². The molecule has 33 heavy (non-hydrogen) atoms. The first-order chi connectivity index (χ1) is 15.5. The lowest BCUT2D eigenvalue weighted by Crippen LogP contribution is -2.48. The van der Waals surface area contributed by atoms with E-state index < -0.39 is 57.4 Å². The van der Waals surface area contributed by atoms with Crippen LogP contribution in [0.25, 0.3) is 5.65 Å². The predicted molar refractivity (Wildman–Crippen MR) is 105 cm³/mol. The van der Waals surface area contributed by atoms with Crippen LogP contribution in [-0.4, -0.2) is 68.2 Å². The number of rotatable bonds is 8. The van der Waals surface area contributed by atoms with Gasteiger partial charge in [0, 0.05) is 4.57 Å². The first-order valence-corrected chi connectivity index (χ1v) is 10.6. The third kappa shape index (κ3) is 4.56. The number of hydrogen-bond acceptors (Lipinski definition) is 13. The van der Waals surface area contributed by atoms with Crippen LogP contribution in [0.1, 0.15) is 26.5 Å². The maximum Gasteiger partial charge on any atom is 0.701 e. The number of hydrogen-bond donors (Lipinski definition) is 2. The molecular weight excluding hydrogens is 466 g/mol. The highest BCUT2D eigenvalue weighted by Crippen LogP contribution is 2.49. The number of aliphatic hydroxyl groups is 1. The Morgan fingerprint density at radius 1 is 1.48 bits per heavy atom. The van der Waals surface area contributed by atoms with Gasteiger partial charge in [0.25, 0.3) is 6.79 Å². The number of imidazole rings is 1. The summed E-state index contributed by atoms with van der Waals surface area (Å²) in [7, 11) is -2.84. The zero-order chi connectivity index (χ0) is 24.4. The summed E-state index contributed by atoms with van der Waals surface area (Å²) in [5, 5.41) is 24.3. The van der Waals surface area contributed by atoms with Gasteiger partial charge in [-0.2, -0.15) is 10.4 Å². The molecule has 0 bridgehead atoms. The molecule has 0 spiro atoms. The van der Waals surface area contributed by atoms with E-state index in [9.17, 15) is 19.7 Å². The van der Waals surface area contributed by atoms with Crippen LogP contribution in [0.5, 0.6) is 0 Å². The van der Waals surface area contributed by atoms with Gasteiger partial charge in [0.1, 0.15) is 36.9 Å². The first-order valence-electron chi connectivity index (χ1n) is 9.50. The van der Waals surface area contributed by atoms with Crippen molar-refractivity contribution in [3.8, 4) is 6.07 Å². The number of ether oxygens (including phenoxy) is 3. The van der Waals surface area contributed by atoms with Gasteiger partial charge in [-0.05, 0) is 20.8 Å². The first kappa shape index (κ1) is 24.6. The Morgan fingerprint density at radius 2 is 2.21 bits per heavy atom. The molecule has 0 radical (unpaired) electrons. The number of alkyl halides is 1. The normalized spacial score (nSPS) is 27.5. The summed E-state index contributed by atoms with van der Waals surface area (Å²) in [6.45, 7) is 2.82. The molecule has 1 aliphatic rings. The van der Waals surface area contributed by atoms with Crippen molar-refractivity contribution in [1.82, 2.24) is 19.6 Å². The van der Waals surface area contributed by atoms with Crippen LogP contribution in [0.4, 0.5) is 15.0 Å². The maximum atomic E-state index is 15.7. The number of carbonyl (C=O) groups excluding carboxylic acids is 1. The third-order valence-corrected chi connectivity index (χ3v) is 5.46. The summed E-state index contributed by atoms with van der Waals surface area (Å²) in [6.07, 6.45) is -2.54. The largest absolute Gasteiger partial charge is 0.701 e. The van der Waals surface area contributed by atoms with E-state index in [0.29, 0.717) is 0 Å². The molecule has 0 aliphatic carbocycles. The molecule has 3 heterocycles. The maximum absolute atomic E-state index is 15.7. The Hall–Kier alpha value is -3.02. The zero-order valence-corrected chi connectivity index (χ0v) is 18.6. The van der Waals surface area contributed by atoms with Crippen LogP contribution in [0.15, 0.2) is 12.5 Å². The van der Waals surface area contributed by atoms with Crippen LogP contribution < -0.4 is 5.73 Å². The molecule has 0 aromatic carbocycles. The molecule has 1 unspecified atom stereocenters. The molecule has 178 valence electrons. The molecule has 3 N–H and O–H groups in total. The molecule has 0 amide bonds. The Bertz CT molecular complexity index is 1090. The fourth-order valence-electron chi connectivity index (χ4n) is 3.18. The molecule has 0 saturated carbocycles. The minimum Gasteiger partial charge on any atom is -0.432 e. The summed E-state index contributed by atoms with van der Waals surface area (Å²) in [6, 6.07) is 1.74. The van der Waals surface area contributed by atoms with Gasteiger partial charge in [0.2, 0.25) is 5.60 Å². The second-order valence-corrected chi connectivity index (χ2v) is 8.28. The minimum absolute atomic E-state index is 0.0167. The average Bonchev–Trinajstić information content (AvgIpc) is 3.26. The van der Waals surface area contributed by atoms with Gasteiger partial charge in [-0.15, -0.1) is 4.52 Å². The van der Waals surface area contributed by atoms with Crippen molar-refractivity contribution in [3.05, 3.63) is 18.2 Å². The van der Waals surface area contributed by atoms with Gasteiger partial charge in [-0.25, -0.2) is 23.7 Å². The van der Waals surface area contributed by atoms with Crippen LogP contribution in [0.3, 0.4) is 0 Å². The Labute approximate surface area is 187 Å². The van der Waals surface area contributed by atoms with E-state index in [1.807, 2.05) is 0 Å². The highest BCUT2D eigenvalue weighted by atomic mass is 31.1. The lowest BCUT2D eigenvalue weighted by Gasteiger charge is -2.30. The summed E-state index contributed by atoms with van der Waals surface area (Å²) in [5.74, 6) is -0.0167. The number of nitriles is 1. The van der Waals surface area contributed by atoms with E-state index >= 15 is 4.39 Å². The van der Waals surface area contributed by atoms with Crippen LogP contribution in [-0.2, 0) is 33.4 Å². The quantitative estimate of drug-likeness (QED) is 0.306. The number of aliphatic hydroxyl groups excluding tert-OH is 1. The molecule has 2 aromatic heterocycles. The van der Waals surface area contributed by atoms with Gasteiger partial charge in [0.05, 0.1) is 12.3 Å². The highest BCUT2D eigenvalue weighted by molar-refractivity contribution is 7.33. The molecule has 3 rings (SSSR count). The summed E-state index contributed by atoms with van der Waals surface area (Å²) in [4.78, 5) is 19.0. The zero-order valence-electron chi connectivity index (χ0n) is 17.7. The van der Waals surface area contributed by atoms with Crippen molar-refractivity contribution in [1.29, 1.82) is 5.26 Å². The number of anilines is 1. The molecule has 16 heteroatoms. The van der Waals surface area contributed by atoms with E-state index in [2.05, 4.69) is 24.3 Å². The second-order valence-electron chi connectivity index (χ2n) is 7.32. The Kier molecular flexibility index (Phi) is 7.06. The van der Waals surface area contributed by atoms with Crippen molar-refractivity contribution in [3.63, 3.8) is 0 Å². The molecule has 2 aromatic rings. The van der Waals surface area contributed by atoms with E-state index in [1.54, 1.807) is 19.9 Å². The summed E-state index contributed by atoms with van der Waals surface area (Å²) in [5.41, 5.74) is 0.620. The second kappa shape index (κ2) is 9.46. The standard InChI is InChI=1S/C17H21FN6O8P/c1-9(2)31-15(26)28-8-30-33(27)29-5-10-12(25)16(3,18)17(6-19,32-10)11-4-21-14-13(20)22-7-23-24(11)14/h4,7,9-10,12,25H,5,8H2,1-3H3,(H2,20,22,23)/q+1/t10-,12-,16-,17+/m1/s1. The monoisotopic (exact) mass is 487 g/mol. The van der Waals surface area contributed by atoms with Gasteiger partial charge < -0.3 is 25.1 Å². The fraction of sp³-hybridized carbons (Fsp3) is 0.588. The van der Waals surface area contributed by atoms with Crippen molar-refractivity contribution in [2.45, 2.75) is 50.4 Å². The number of aromatic nitrogens is 4. The number of nitrogens with zero attached hydrogens (tertiary/aromatic N) is 5. The van der Waals surface area contributed by atoms with Gasteiger partial charge >= 0.3 is 14.4 Å². The summed E-state index contributed by atoms with van der Waals surface area (Å²) >= 11 is 0. The van der Waals surface area contributed by atoms with Crippen molar-refractivity contribution >= 4 is 25.9 Å². The van der Waals surface area contributed by atoms with Gasteiger partial charge in [-0.3, -0.25) is 0 Å². The molecule has 14 nitrogen and oxygen atoms in total. The van der Waals surface area contributed by atoms with Crippen molar-refractivity contribution in [2.24, 2.45) is 0 Å². The predicted octanol–water partition coefficient (Wildman–Crippen LogP) is 1.12. The minimum atomic E-state index is -2.84. The van der Waals surface area contributed by atoms with Crippen molar-refractivity contribution < 1.29 is 42.1 Å². The summed E-state index contributed by atoms with van der Waals surface area (Å²) < 4.78 is 53.1. The van der Waals surface area contributed by atoms with Crippen LogP contribution in [0, 0.1) is 11.3 Å². The van der Waals surface area contributed by atoms with E-state index in [4.69, 9.17) is 19.7 Å². The SMILES string of the molecule is CC(C)OC(=O)OCO[P+](=O)OC[C@H]1O[C@@](C#N)(c2cnc3c(N)ncnn23)[C@](C)(F)[C@@H]1O. The van der Waals surface area contributed by atoms with E-state index in [0.717, 1.165) is 24.0 Å². The Balaban J connectivity index is 1.70. The topological polar surface area (TPSA) is 193 Å². The molecule has 1 fully saturated rings. The number of nitrogens with two attached hydrogens (primary N) is 1. The van der Waals surface area contributed by atoms with Crippen LogP contribution >= 0.6 is 8.25 Å². The van der Waals surface area contributed by atoms with Crippen LogP contribution in [0.2, 0.25) is 0 Å².